The second-order valence-electron chi connectivity index (χ2n) is 6.42. The van der Waals surface area contributed by atoms with Crippen LogP contribution in [0.4, 0.5) is 18.9 Å². The molecule has 6 nitrogen and oxygen atoms in total. The summed E-state index contributed by atoms with van der Waals surface area (Å²) in [5.74, 6) is -0.609. The van der Waals surface area contributed by atoms with Crippen molar-refractivity contribution in [2.24, 2.45) is 0 Å². The summed E-state index contributed by atoms with van der Waals surface area (Å²) >= 11 is 0. The Hall–Kier alpha value is -2.36. The van der Waals surface area contributed by atoms with Crippen LogP contribution >= 0.6 is 0 Å². The number of halogens is 3. The van der Waals surface area contributed by atoms with E-state index in [-0.39, 0.29) is 10.6 Å². The van der Waals surface area contributed by atoms with Crippen LogP contribution in [-0.2, 0) is 27.4 Å². The lowest BCUT2D eigenvalue weighted by atomic mass is 10.3. The molecule has 0 saturated heterocycles. The van der Waals surface area contributed by atoms with Crippen molar-refractivity contribution < 1.29 is 26.4 Å². The monoisotopic (exact) mass is 401 g/mol. The number of carbonyl (C=O) groups is 1. The molecule has 1 aromatic heterocycles. The zero-order chi connectivity index (χ0) is 19.7. The van der Waals surface area contributed by atoms with Crippen molar-refractivity contribution >= 4 is 21.4 Å². The number of benzene rings is 1. The Morgan fingerprint density at radius 1 is 1.22 bits per heavy atom. The first-order valence-corrected chi connectivity index (χ1v) is 9.95. The Kier molecular flexibility index (Phi) is 5.27. The molecule has 1 saturated carbocycles. The van der Waals surface area contributed by atoms with Gasteiger partial charge >= 0.3 is 6.18 Å². The first-order chi connectivity index (χ1) is 12.7. The fraction of sp³-hybridized carbons (Fsp3) is 0.412. The maximum Gasteiger partial charge on any atom is 0.435 e. The summed E-state index contributed by atoms with van der Waals surface area (Å²) in [5, 5.41) is 5.39. The number of hydrogen-bond donors (Lipinski definition) is 1. The Morgan fingerprint density at radius 3 is 2.56 bits per heavy atom. The standard InChI is InChI=1S/C17H18F3N3O3S/c18-17(19,20)15-8-9-23(22-15)11-16(24)21-12-4-3-7-14(10-12)27(25,26)13-5-1-2-6-13/h3-4,7-10,13H,1-2,5-6,11H2,(H,21,24). The van der Waals surface area contributed by atoms with Crippen molar-refractivity contribution in [3.63, 3.8) is 0 Å². The maximum absolute atomic E-state index is 12.6. The van der Waals surface area contributed by atoms with Crippen LogP contribution in [0, 0.1) is 0 Å². The molecule has 3 rings (SSSR count). The van der Waals surface area contributed by atoms with Gasteiger partial charge in [0.1, 0.15) is 6.54 Å². The average molecular weight is 401 g/mol. The maximum atomic E-state index is 12.6. The number of alkyl halides is 3. The molecular formula is C17H18F3N3O3S. The van der Waals surface area contributed by atoms with Crippen LogP contribution in [0.1, 0.15) is 31.4 Å². The lowest BCUT2D eigenvalue weighted by Crippen LogP contribution is -2.21. The smallest absolute Gasteiger partial charge is 0.324 e. The highest BCUT2D eigenvalue weighted by Crippen LogP contribution is 2.30. The summed E-state index contributed by atoms with van der Waals surface area (Å²) in [4.78, 5) is 12.2. The summed E-state index contributed by atoms with van der Waals surface area (Å²) in [7, 11) is -3.46. The van der Waals surface area contributed by atoms with Crippen LogP contribution in [0.25, 0.3) is 0 Å². The zero-order valence-electron chi connectivity index (χ0n) is 14.2. The Labute approximate surface area is 154 Å². The van der Waals surface area contributed by atoms with Gasteiger partial charge in [-0.05, 0) is 37.1 Å². The lowest BCUT2D eigenvalue weighted by Gasteiger charge is -2.12. The van der Waals surface area contributed by atoms with Crippen molar-refractivity contribution in [2.75, 3.05) is 5.32 Å². The van der Waals surface area contributed by atoms with Gasteiger partial charge in [-0.1, -0.05) is 18.9 Å². The number of amides is 1. The molecular weight excluding hydrogens is 383 g/mol. The molecule has 1 heterocycles. The van der Waals surface area contributed by atoms with Crippen molar-refractivity contribution in [2.45, 2.75) is 48.5 Å². The van der Waals surface area contributed by atoms with Crippen LogP contribution in [-0.4, -0.2) is 29.4 Å². The van der Waals surface area contributed by atoms with Crippen molar-refractivity contribution in [3.8, 4) is 0 Å². The summed E-state index contributed by atoms with van der Waals surface area (Å²) in [6.07, 6.45) is -0.512. The molecule has 1 aromatic carbocycles. The molecule has 1 N–H and O–H groups in total. The quantitative estimate of drug-likeness (QED) is 0.834. The Balaban J connectivity index is 1.69. The highest BCUT2D eigenvalue weighted by molar-refractivity contribution is 7.92. The summed E-state index contributed by atoms with van der Waals surface area (Å²) in [6.45, 7) is -0.421. The van der Waals surface area contributed by atoms with Gasteiger partial charge in [-0.3, -0.25) is 9.48 Å². The molecule has 2 aromatic rings. The van der Waals surface area contributed by atoms with Gasteiger partial charge in [-0.25, -0.2) is 8.42 Å². The molecule has 1 aliphatic carbocycles. The number of carbonyl (C=O) groups excluding carboxylic acids is 1. The van der Waals surface area contributed by atoms with Crippen LogP contribution in [0.3, 0.4) is 0 Å². The van der Waals surface area contributed by atoms with Gasteiger partial charge in [0.25, 0.3) is 0 Å². The molecule has 27 heavy (non-hydrogen) atoms. The minimum Gasteiger partial charge on any atom is -0.324 e. The van der Waals surface area contributed by atoms with Gasteiger partial charge in [0.05, 0.1) is 10.1 Å². The van der Waals surface area contributed by atoms with E-state index in [9.17, 15) is 26.4 Å². The predicted molar refractivity (Wildman–Crippen MR) is 91.7 cm³/mol. The average Bonchev–Trinajstić information content (AvgIpc) is 3.26. The summed E-state index contributed by atoms with van der Waals surface area (Å²) in [6, 6.07) is 6.67. The molecule has 1 amide bonds. The van der Waals surface area contributed by atoms with Crippen LogP contribution in [0.15, 0.2) is 41.4 Å². The minimum atomic E-state index is -4.58. The summed E-state index contributed by atoms with van der Waals surface area (Å²) in [5.41, 5.74) is -0.817. The van der Waals surface area contributed by atoms with E-state index in [2.05, 4.69) is 10.4 Å². The van der Waals surface area contributed by atoms with Gasteiger partial charge in [0, 0.05) is 11.9 Å². The van der Waals surface area contributed by atoms with E-state index < -0.39 is 39.4 Å². The highest BCUT2D eigenvalue weighted by atomic mass is 32.2. The molecule has 0 spiro atoms. The molecule has 0 unspecified atom stereocenters. The molecule has 0 radical (unpaired) electrons. The number of hydrogen-bond acceptors (Lipinski definition) is 4. The number of nitrogens with zero attached hydrogens (tertiary/aromatic N) is 2. The van der Waals surface area contributed by atoms with Gasteiger partial charge in [0.15, 0.2) is 15.5 Å². The van der Waals surface area contributed by atoms with E-state index >= 15 is 0 Å². The lowest BCUT2D eigenvalue weighted by molar-refractivity contribution is -0.141. The first-order valence-electron chi connectivity index (χ1n) is 8.41. The second kappa shape index (κ2) is 7.34. The van der Waals surface area contributed by atoms with Crippen LogP contribution in [0.5, 0.6) is 0 Å². The largest absolute Gasteiger partial charge is 0.435 e. The number of rotatable bonds is 5. The van der Waals surface area contributed by atoms with E-state index in [1.165, 1.54) is 24.3 Å². The van der Waals surface area contributed by atoms with E-state index in [0.717, 1.165) is 29.8 Å². The molecule has 0 aliphatic heterocycles. The van der Waals surface area contributed by atoms with Crippen LogP contribution < -0.4 is 5.32 Å². The molecule has 0 atom stereocenters. The fourth-order valence-electron chi connectivity index (χ4n) is 3.09. The Morgan fingerprint density at radius 2 is 1.93 bits per heavy atom. The number of aromatic nitrogens is 2. The highest BCUT2D eigenvalue weighted by Gasteiger charge is 2.33. The summed E-state index contributed by atoms with van der Waals surface area (Å²) < 4.78 is 63.7. The molecule has 1 aliphatic rings. The van der Waals surface area contributed by atoms with E-state index in [1.807, 2.05) is 0 Å². The van der Waals surface area contributed by atoms with Crippen molar-refractivity contribution in [3.05, 3.63) is 42.2 Å². The number of anilines is 1. The molecule has 146 valence electrons. The zero-order valence-corrected chi connectivity index (χ0v) is 15.1. The van der Waals surface area contributed by atoms with Gasteiger partial charge in [-0.2, -0.15) is 18.3 Å². The third kappa shape index (κ3) is 4.49. The van der Waals surface area contributed by atoms with E-state index in [4.69, 9.17) is 0 Å². The van der Waals surface area contributed by atoms with Crippen molar-refractivity contribution in [1.82, 2.24) is 9.78 Å². The third-order valence-corrected chi connectivity index (χ3v) is 6.68. The van der Waals surface area contributed by atoms with Crippen molar-refractivity contribution in [1.29, 1.82) is 0 Å². The number of sulfone groups is 1. The number of nitrogens with one attached hydrogen (secondary N) is 1. The topological polar surface area (TPSA) is 81.1 Å². The second-order valence-corrected chi connectivity index (χ2v) is 8.65. The predicted octanol–water partition coefficient (Wildman–Crippen LogP) is 3.26. The minimum absolute atomic E-state index is 0.130. The van der Waals surface area contributed by atoms with E-state index in [0.29, 0.717) is 12.8 Å². The molecule has 10 heteroatoms. The van der Waals surface area contributed by atoms with Gasteiger partial charge < -0.3 is 5.32 Å². The SMILES string of the molecule is O=C(Cn1ccc(C(F)(F)F)n1)Nc1cccc(S(=O)(=O)C2CCCC2)c1. The fourth-order valence-corrected chi connectivity index (χ4v) is 4.99. The van der Waals surface area contributed by atoms with Gasteiger partial charge in [-0.15, -0.1) is 0 Å². The Bertz CT molecular complexity index is 932. The molecule has 1 fully saturated rings. The third-order valence-electron chi connectivity index (χ3n) is 4.42. The molecule has 0 bridgehead atoms. The normalized spacial score (nSPS) is 15.8. The first kappa shape index (κ1) is 19.4. The van der Waals surface area contributed by atoms with Crippen LogP contribution in [0.2, 0.25) is 0 Å². The van der Waals surface area contributed by atoms with E-state index in [1.54, 1.807) is 0 Å². The van der Waals surface area contributed by atoms with Gasteiger partial charge in [0.2, 0.25) is 5.91 Å².